The van der Waals surface area contributed by atoms with Gasteiger partial charge in [-0.05, 0) is 59.2 Å². The molecule has 0 fully saturated rings. The number of fused-ring (bicyclic) bond motifs is 1. The highest BCUT2D eigenvalue weighted by atomic mass is 16.5. The van der Waals surface area contributed by atoms with Crippen LogP contribution in [0.5, 0.6) is 23.0 Å². The Balaban J connectivity index is 2.15. The second-order valence-electron chi connectivity index (χ2n) is 7.04. The standard InChI is InChI=1S/C22H28O4/c1-13-9-16-11-20(25-5)21(26-6)12-17(16)22(14(13)2)15-7-8-18(23-3)19(10-15)24-4/h7-8,10-14,22H,9H2,1-6H3/t13?,14-,22+/m1/s1. The van der Waals surface area contributed by atoms with E-state index in [1.807, 2.05) is 6.07 Å². The average Bonchev–Trinajstić information content (AvgIpc) is 2.67. The molecule has 0 saturated carbocycles. The third kappa shape index (κ3) is 3.09. The van der Waals surface area contributed by atoms with Crippen LogP contribution in [0.3, 0.4) is 0 Å². The number of rotatable bonds is 5. The zero-order valence-corrected chi connectivity index (χ0v) is 16.5. The van der Waals surface area contributed by atoms with E-state index in [0.717, 1.165) is 29.4 Å². The SMILES string of the molecule is COc1ccc([C@H]2c3cc(OC)c(OC)cc3CC(C)[C@H]2C)cc1OC. The molecule has 4 nitrogen and oxygen atoms in total. The summed E-state index contributed by atoms with van der Waals surface area (Å²) < 4.78 is 22.0. The number of hydrogen-bond donors (Lipinski definition) is 0. The van der Waals surface area contributed by atoms with Crippen molar-refractivity contribution in [3.8, 4) is 23.0 Å². The van der Waals surface area contributed by atoms with Gasteiger partial charge in [-0.1, -0.05) is 19.9 Å². The number of benzene rings is 2. The predicted molar refractivity (Wildman–Crippen MR) is 103 cm³/mol. The summed E-state index contributed by atoms with van der Waals surface area (Å²) in [6, 6.07) is 10.5. The number of methoxy groups -OCH3 is 4. The van der Waals surface area contributed by atoms with Gasteiger partial charge in [-0.3, -0.25) is 0 Å². The van der Waals surface area contributed by atoms with Gasteiger partial charge < -0.3 is 18.9 Å². The first-order chi connectivity index (χ1) is 12.5. The molecule has 3 atom stereocenters. The Bertz CT molecular complexity index is 784. The zero-order valence-electron chi connectivity index (χ0n) is 16.5. The molecule has 1 unspecified atom stereocenters. The van der Waals surface area contributed by atoms with E-state index in [4.69, 9.17) is 18.9 Å². The summed E-state index contributed by atoms with van der Waals surface area (Å²) in [6.45, 7) is 4.64. The summed E-state index contributed by atoms with van der Waals surface area (Å²) >= 11 is 0. The molecule has 2 aromatic rings. The van der Waals surface area contributed by atoms with Crippen LogP contribution in [0.15, 0.2) is 30.3 Å². The maximum absolute atomic E-state index is 5.56. The van der Waals surface area contributed by atoms with E-state index < -0.39 is 0 Å². The Labute approximate surface area is 156 Å². The summed E-state index contributed by atoms with van der Waals surface area (Å²) in [6.07, 6.45) is 1.04. The molecule has 1 aliphatic rings. The van der Waals surface area contributed by atoms with E-state index in [1.165, 1.54) is 16.7 Å². The first-order valence-corrected chi connectivity index (χ1v) is 9.00. The van der Waals surface area contributed by atoms with E-state index in [0.29, 0.717) is 11.8 Å². The molecule has 0 bridgehead atoms. The lowest BCUT2D eigenvalue weighted by Crippen LogP contribution is -2.27. The van der Waals surface area contributed by atoms with Crippen molar-refractivity contribution in [2.45, 2.75) is 26.2 Å². The quantitative estimate of drug-likeness (QED) is 0.779. The van der Waals surface area contributed by atoms with Crippen molar-refractivity contribution in [2.24, 2.45) is 11.8 Å². The van der Waals surface area contributed by atoms with E-state index in [-0.39, 0.29) is 5.92 Å². The van der Waals surface area contributed by atoms with Crippen LogP contribution < -0.4 is 18.9 Å². The van der Waals surface area contributed by atoms with E-state index in [9.17, 15) is 0 Å². The van der Waals surface area contributed by atoms with Gasteiger partial charge in [0.1, 0.15) is 0 Å². The zero-order chi connectivity index (χ0) is 18.8. The Morgan fingerprint density at radius 2 is 1.31 bits per heavy atom. The van der Waals surface area contributed by atoms with Crippen molar-refractivity contribution in [1.29, 1.82) is 0 Å². The third-order valence-electron chi connectivity index (χ3n) is 5.71. The molecule has 1 aliphatic carbocycles. The lowest BCUT2D eigenvalue weighted by atomic mass is 9.68. The molecular weight excluding hydrogens is 328 g/mol. The molecule has 0 aliphatic heterocycles. The highest BCUT2D eigenvalue weighted by Crippen LogP contribution is 2.47. The lowest BCUT2D eigenvalue weighted by molar-refractivity contribution is 0.316. The largest absolute Gasteiger partial charge is 0.493 e. The van der Waals surface area contributed by atoms with E-state index in [1.54, 1.807) is 28.4 Å². The molecule has 0 N–H and O–H groups in total. The molecule has 3 rings (SSSR count). The van der Waals surface area contributed by atoms with Gasteiger partial charge in [0.2, 0.25) is 0 Å². The highest BCUT2D eigenvalue weighted by molar-refractivity contribution is 5.54. The van der Waals surface area contributed by atoms with Crippen molar-refractivity contribution in [3.63, 3.8) is 0 Å². The Morgan fingerprint density at radius 3 is 1.92 bits per heavy atom. The number of ether oxygens (including phenoxy) is 4. The van der Waals surface area contributed by atoms with Crippen molar-refractivity contribution < 1.29 is 18.9 Å². The fraction of sp³-hybridized carbons (Fsp3) is 0.455. The maximum Gasteiger partial charge on any atom is 0.161 e. The van der Waals surface area contributed by atoms with Crippen LogP contribution >= 0.6 is 0 Å². The summed E-state index contributed by atoms with van der Waals surface area (Å²) in [7, 11) is 6.71. The minimum absolute atomic E-state index is 0.272. The van der Waals surface area contributed by atoms with E-state index in [2.05, 4.69) is 38.1 Å². The minimum Gasteiger partial charge on any atom is -0.493 e. The summed E-state index contributed by atoms with van der Waals surface area (Å²) in [5.41, 5.74) is 3.86. The normalized spacial score (nSPS) is 21.7. The summed E-state index contributed by atoms with van der Waals surface area (Å²) in [5, 5.41) is 0. The van der Waals surface area contributed by atoms with Gasteiger partial charge in [0, 0.05) is 5.92 Å². The van der Waals surface area contributed by atoms with E-state index >= 15 is 0 Å². The van der Waals surface area contributed by atoms with Crippen molar-refractivity contribution >= 4 is 0 Å². The Kier molecular flexibility index (Phi) is 5.30. The van der Waals surface area contributed by atoms with Crippen LogP contribution in [0.4, 0.5) is 0 Å². The lowest BCUT2D eigenvalue weighted by Gasteiger charge is -2.37. The molecule has 140 valence electrons. The smallest absolute Gasteiger partial charge is 0.161 e. The minimum atomic E-state index is 0.272. The van der Waals surface area contributed by atoms with Crippen LogP contribution in [0.2, 0.25) is 0 Å². The van der Waals surface area contributed by atoms with Gasteiger partial charge in [0.25, 0.3) is 0 Å². The molecule has 2 aromatic carbocycles. The second kappa shape index (κ2) is 7.48. The van der Waals surface area contributed by atoms with Gasteiger partial charge >= 0.3 is 0 Å². The topological polar surface area (TPSA) is 36.9 Å². The average molecular weight is 356 g/mol. The third-order valence-corrected chi connectivity index (χ3v) is 5.71. The number of hydrogen-bond acceptors (Lipinski definition) is 4. The van der Waals surface area contributed by atoms with Crippen molar-refractivity contribution in [1.82, 2.24) is 0 Å². The van der Waals surface area contributed by atoms with Crippen LogP contribution in [-0.2, 0) is 6.42 Å². The summed E-state index contributed by atoms with van der Waals surface area (Å²) in [5.74, 6) is 4.42. The van der Waals surface area contributed by atoms with Crippen LogP contribution in [0, 0.1) is 11.8 Å². The van der Waals surface area contributed by atoms with Gasteiger partial charge in [-0.25, -0.2) is 0 Å². The molecule has 0 spiro atoms. The summed E-state index contributed by atoms with van der Waals surface area (Å²) in [4.78, 5) is 0. The predicted octanol–water partition coefficient (Wildman–Crippen LogP) is 4.68. The van der Waals surface area contributed by atoms with Gasteiger partial charge in [0.15, 0.2) is 23.0 Å². The first kappa shape index (κ1) is 18.4. The Hall–Kier alpha value is -2.36. The van der Waals surface area contributed by atoms with Gasteiger partial charge in [0.05, 0.1) is 28.4 Å². The molecule has 0 radical (unpaired) electrons. The highest BCUT2D eigenvalue weighted by Gasteiger charge is 2.34. The van der Waals surface area contributed by atoms with Crippen molar-refractivity contribution in [2.75, 3.05) is 28.4 Å². The van der Waals surface area contributed by atoms with Crippen LogP contribution in [0.25, 0.3) is 0 Å². The van der Waals surface area contributed by atoms with Crippen LogP contribution in [0.1, 0.15) is 36.5 Å². The molecule has 0 heterocycles. The molecule has 0 aromatic heterocycles. The maximum atomic E-state index is 5.56. The van der Waals surface area contributed by atoms with Gasteiger partial charge in [-0.15, -0.1) is 0 Å². The molecule has 26 heavy (non-hydrogen) atoms. The molecule has 4 heteroatoms. The molecule has 0 amide bonds. The monoisotopic (exact) mass is 356 g/mol. The van der Waals surface area contributed by atoms with Gasteiger partial charge in [-0.2, -0.15) is 0 Å². The fourth-order valence-electron chi connectivity index (χ4n) is 4.08. The van der Waals surface area contributed by atoms with Crippen LogP contribution in [-0.4, -0.2) is 28.4 Å². The van der Waals surface area contributed by atoms with Crippen molar-refractivity contribution in [3.05, 3.63) is 47.0 Å². The Morgan fingerprint density at radius 1 is 0.731 bits per heavy atom. The molecular formula is C22H28O4. The molecule has 0 saturated heterocycles. The first-order valence-electron chi connectivity index (χ1n) is 9.00. The fourth-order valence-corrected chi connectivity index (χ4v) is 4.08. The second-order valence-corrected chi connectivity index (χ2v) is 7.04.